The zero-order valence-corrected chi connectivity index (χ0v) is 18.4. The third-order valence-corrected chi connectivity index (χ3v) is 6.14. The summed E-state index contributed by atoms with van der Waals surface area (Å²) >= 11 is 1.62. The molecule has 7 nitrogen and oxygen atoms in total. The monoisotopic (exact) mass is 444 g/mol. The lowest BCUT2D eigenvalue weighted by Crippen LogP contribution is -2.36. The molecule has 0 bridgehead atoms. The Hall–Kier alpha value is -3.36. The third-order valence-electron chi connectivity index (χ3n) is 5.20. The quantitative estimate of drug-likeness (QED) is 0.422. The Balaban J connectivity index is 1.21. The summed E-state index contributed by atoms with van der Waals surface area (Å²) in [6.07, 6.45) is 7.37. The number of rotatable bonds is 7. The van der Waals surface area contributed by atoms with E-state index in [1.807, 2.05) is 18.6 Å². The van der Waals surface area contributed by atoms with Gasteiger partial charge in [-0.2, -0.15) is 0 Å². The summed E-state index contributed by atoms with van der Waals surface area (Å²) in [7, 11) is 0. The van der Waals surface area contributed by atoms with E-state index >= 15 is 0 Å². The van der Waals surface area contributed by atoms with E-state index in [-0.39, 0.29) is 0 Å². The average molecular weight is 445 g/mol. The van der Waals surface area contributed by atoms with Gasteiger partial charge in [-0.15, -0.1) is 0 Å². The van der Waals surface area contributed by atoms with Gasteiger partial charge in [-0.05, 0) is 48.0 Å². The molecule has 0 radical (unpaired) electrons. The zero-order chi connectivity index (χ0) is 21.6. The van der Waals surface area contributed by atoms with Crippen molar-refractivity contribution in [3.63, 3.8) is 0 Å². The van der Waals surface area contributed by atoms with Crippen molar-refractivity contribution >= 4 is 29.1 Å². The average Bonchev–Trinajstić information content (AvgIpc) is 3.35. The fourth-order valence-electron chi connectivity index (χ4n) is 3.54. The number of morpholine rings is 1. The highest BCUT2D eigenvalue weighted by molar-refractivity contribution is 7.99. The molecule has 1 aliphatic heterocycles. The van der Waals surface area contributed by atoms with Crippen molar-refractivity contribution in [3.05, 3.63) is 85.1 Å². The SMILES string of the molecule is c1cn(Cc2ccc(Sc3ccnc(Nc4ccc(N5CCOCC5)cc4)n3)cc2)cn1. The topological polar surface area (TPSA) is 68.1 Å². The molecule has 0 spiro atoms. The summed E-state index contributed by atoms with van der Waals surface area (Å²) in [5, 5.41) is 4.20. The number of imidazole rings is 1. The molecule has 0 unspecified atom stereocenters. The van der Waals surface area contributed by atoms with Crippen LogP contribution in [-0.2, 0) is 11.3 Å². The summed E-state index contributed by atoms with van der Waals surface area (Å²) in [5.41, 5.74) is 3.41. The van der Waals surface area contributed by atoms with Crippen molar-refractivity contribution in [2.24, 2.45) is 0 Å². The molecule has 0 saturated carbocycles. The van der Waals surface area contributed by atoms with Crippen molar-refractivity contribution < 1.29 is 4.74 Å². The van der Waals surface area contributed by atoms with Gasteiger partial charge < -0.3 is 19.5 Å². The fourth-order valence-corrected chi connectivity index (χ4v) is 4.31. The van der Waals surface area contributed by atoms with Crippen molar-refractivity contribution in [1.82, 2.24) is 19.5 Å². The highest BCUT2D eigenvalue weighted by Gasteiger charge is 2.11. The van der Waals surface area contributed by atoms with Gasteiger partial charge in [0.25, 0.3) is 0 Å². The predicted octanol–water partition coefficient (Wildman–Crippen LogP) is 4.45. The summed E-state index contributed by atoms with van der Waals surface area (Å²) in [6, 6.07) is 18.8. The van der Waals surface area contributed by atoms with Crippen LogP contribution in [-0.4, -0.2) is 45.8 Å². The molecule has 1 saturated heterocycles. The Labute approximate surface area is 191 Å². The van der Waals surface area contributed by atoms with E-state index in [1.165, 1.54) is 11.3 Å². The second kappa shape index (κ2) is 9.84. The Morgan fingerprint density at radius 3 is 2.50 bits per heavy atom. The van der Waals surface area contributed by atoms with Crippen LogP contribution in [0.3, 0.4) is 0 Å². The van der Waals surface area contributed by atoms with E-state index in [2.05, 4.69) is 78.3 Å². The van der Waals surface area contributed by atoms with Crippen LogP contribution in [0.4, 0.5) is 17.3 Å². The van der Waals surface area contributed by atoms with E-state index in [0.717, 1.165) is 48.5 Å². The first kappa shape index (κ1) is 20.5. The van der Waals surface area contributed by atoms with E-state index < -0.39 is 0 Å². The van der Waals surface area contributed by atoms with Crippen LogP contribution in [0.2, 0.25) is 0 Å². The Kier molecular flexibility index (Phi) is 6.32. The Morgan fingerprint density at radius 2 is 1.75 bits per heavy atom. The molecule has 32 heavy (non-hydrogen) atoms. The molecule has 2 aromatic carbocycles. The molecule has 2 aromatic heterocycles. The maximum atomic E-state index is 5.43. The normalized spacial score (nSPS) is 13.8. The maximum absolute atomic E-state index is 5.43. The van der Waals surface area contributed by atoms with Crippen molar-refractivity contribution in [1.29, 1.82) is 0 Å². The third kappa shape index (κ3) is 5.27. The van der Waals surface area contributed by atoms with E-state index in [9.17, 15) is 0 Å². The molecule has 0 atom stereocenters. The van der Waals surface area contributed by atoms with Crippen molar-refractivity contribution in [2.75, 3.05) is 36.5 Å². The van der Waals surface area contributed by atoms with Gasteiger partial charge >= 0.3 is 0 Å². The number of anilines is 3. The number of aromatic nitrogens is 4. The molecule has 1 aliphatic rings. The minimum atomic E-state index is 0.589. The van der Waals surface area contributed by atoms with Gasteiger partial charge in [0, 0.05) is 54.5 Å². The minimum absolute atomic E-state index is 0.589. The first-order chi connectivity index (χ1) is 15.8. The number of ether oxygens (including phenoxy) is 1. The molecular formula is C24H24N6OS. The smallest absolute Gasteiger partial charge is 0.228 e. The van der Waals surface area contributed by atoms with Gasteiger partial charge in [0.15, 0.2) is 0 Å². The lowest BCUT2D eigenvalue weighted by Gasteiger charge is -2.28. The zero-order valence-electron chi connectivity index (χ0n) is 17.6. The molecule has 8 heteroatoms. The van der Waals surface area contributed by atoms with Gasteiger partial charge in [-0.1, -0.05) is 23.9 Å². The van der Waals surface area contributed by atoms with Gasteiger partial charge in [0.05, 0.1) is 19.5 Å². The highest BCUT2D eigenvalue weighted by atomic mass is 32.2. The van der Waals surface area contributed by atoms with Crippen LogP contribution in [0.1, 0.15) is 5.56 Å². The molecule has 0 aliphatic carbocycles. The van der Waals surface area contributed by atoms with Gasteiger partial charge in [-0.25, -0.2) is 15.0 Å². The lowest BCUT2D eigenvalue weighted by molar-refractivity contribution is 0.122. The summed E-state index contributed by atoms with van der Waals surface area (Å²) in [5.74, 6) is 0.589. The first-order valence-corrected chi connectivity index (χ1v) is 11.4. The van der Waals surface area contributed by atoms with Crippen LogP contribution >= 0.6 is 11.8 Å². The second-order valence-electron chi connectivity index (χ2n) is 7.47. The Morgan fingerprint density at radius 1 is 0.938 bits per heavy atom. The number of hydrogen-bond donors (Lipinski definition) is 1. The lowest BCUT2D eigenvalue weighted by atomic mass is 10.2. The first-order valence-electron chi connectivity index (χ1n) is 10.6. The largest absolute Gasteiger partial charge is 0.378 e. The number of benzene rings is 2. The van der Waals surface area contributed by atoms with Crippen LogP contribution in [0.25, 0.3) is 0 Å². The van der Waals surface area contributed by atoms with E-state index in [4.69, 9.17) is 4.74 Å². The number of nitrogens with zero attached hydrogens (tertiary/aromatic N) is 5. The fraction of sp³-hybridized carbons (Fsp3) is 0.208. The van der Waals surface area contributed by atoms with Crippen LogP contribution < -0.4 is 10.2 Å². The van der Waals surface area contributed by atoms with E-state index in [1.54, 1.807) is 24.2 Å². The van der Waals surface area contributed by atoms with Gasteiger partial charge in [0.1, 0.15) is 5.03 Å². The predicted molar refractivity (Wildman–Crippen MR) is 127 cm³/mol. The maximum Gasteiger partial charge on any atom is 0.228 e. The molecule has 3 heterocycles. The van der Waals surface area contributed by atoms with Crippen LogP contribution in [0.5, 0.6) is 0 Å². The number of nitrogens with one attached hydrogen (secondary N) is 1. The van der Waals surface area contributed by atoms with Crippen LogP contribution in [0, 0.1) is 0 Å². The molecular weight excluding hydrogens is 420 g/mol. The molecule has 1 N–H and O–H groups in total. The van der Waals surface area contributed by atoms with Gasteiger partial charge in [-0.3, -0.25) is 0 Å². The standard InChI is InChI=1S/C24H24N6OS/c1-7-22(8-2-19(1)17-29-12-11-25-18-29)32-23-9-10-26-24(28-23)27-20-3-5-21(6-4-20)30-13-15-31-16-14-30/h1-12,18H,13-17H2,(H,26,27,28). The summed E-state index contributed by atoms with van der Waals surface area (Å²) in [4.78, 5) is 16.6. The van der Waals surface area contributed by atoms with Crippen LogP contribution in [0.15, 0.2) is 89.4 Å². The molecule has 1 fully saturated rings. The minimum Gasteiger partial charge on any atom is -0.378 e. The van der Waals surface area contributed by atoms with E-state index in [0.29, 0.717) is 5.95 Å². The molecule has 0 amide bonds. The number of hydrogen-bond acceptors (Lipinski definition) is 7. The summed E-state index contributed by atoms with van der Waals surface area (Å²) < 4.78 is 7.48. The van der Waals surface area contributed by atoms with Crippen molar-refractivity contribution in [2.45, 2.75) is 16.5 Å². The van der Waals surface area contributed by atoms with Gasteiger partial charge in [0.2, 0.25) is 5.95 Å². The molecule has 4 aromatic rings. The molecule has 162 valence electrons. The second-order valence-corrected chi connectivity index (χ2v) is 8.56. The van der Waals surface area contributed by atoms with Crippen molar-refractivity contribution in [3.8, 4) is 0 Å². The summed E-state index contributed by atoms with van der Waals surface area (Å²) in [6.45, 7) is 4.24. The highest BCUT2D eigenvalue weighted by Crippen LogP contribution is 2.27. The Bertz CT molecular complexity index is 1130. The molecule has 5 rings (SSSR count).